The third kappa shape index (κ3) is 4.03. The molecule has 0 aliphatic carbocycles. The predicted octanol–water partition coefficient (Wildman–Crippen LogP) is 2.86. The van der Waals surface area contributed by atoms with E-state index in [9.17, 15) is 9.18 Å². The Hall–Kier alpha value is -2.44. The van der Waals surface area contributed by atoms with E-state index < -0.39 is 0 Å². The topological polar surface area (TPSA) is 62.5 Å². The summed E-state index contributed by atoms with van der Waals surface area (Å²) < 4.78 is 19.5. The highest BCUT2D eigenvalue weighted by Crippen LogP contribution is 2.21. The van der Waals surface area contributed by atoms with E-state index in [0.29, 0.717) is 50.1 Å². The fourth-order valence-corrected chi connectivity index (χ4v) is 3.10. The maximum Gasteiger partial charge on any atom is 0.318 e. The largest absolute Gasteiger partial charge is 0.408 e. The van der Waals surface area contributed by atoms with Crippen LogP contribution in [0.1, 0.15) is 38.1 Å². The van der Waals surface area contributed by atoms with Gasteiger partial charge in [-0.15, -0.1) is 5.10 Å². The molecule has 0 saturated carbocycles. The van der Waals surface area contributed by atoms with Crippen molar-refractivity contribution < 1.29 is 13.6 Å². The molecular formula is C19H25FN4O2. The van der Waals surface area contributed by atoms with Gasteiger partial charge in [0.1, 0.15) is 5.82 Å². The molecule has 1 saturated heterocycles. The van der Waals surface area contributed by atoms with Crippen molar-refractivity contribution in [3.8, 4) is 0 Å². The molecule has 1 aromatic carbocycles. The monoisotopic (exact) mass is 360 g/mol. The molecular weight excluding hydrogens is 335 g/mol. The van der Waals surface area contributed by atoms with Crippen molar-refractivity contribution in [1.82, 2.24) is 15.1 Å². The zero-order chi connectivity index (χ0) is 18.7. The van der Waals surface area contributed by atoms with Gasteiger partial charge in [-0.2, -0.15) is 0 Å². The maximum atomic E-state index is 13.8. The highest BCUT2D eigenvalue weighted by Gasteiger charge is 2.27. The molecule has 0 N–H and O–H groups in total. The zero-order valence-corrected chi connectivity index (χ0v) is 15.5. The van der Waals surface area contributed by atoms with Gasteiger partial charge in [-0.1, -0.05) is 44.1 Å². The molecule has 1 amide bonds. The van der Waals surface area contributed by atoms with Crippen LogP contribution in [0, 0.1) is 11.7 Å². The van der Waals surface area contributed by atoms with Crippen LogP contribution >= 0.6 is 0 Å². The van der Waals surface area contributed by atoms with Crippen LogP contribution in [0.2, 0.25) is 0 Å². The van der Waals surface area contributed by atoms with E-state index >= 15 is 0 Å². The van der Waals surface area contributed by atoms with E-state index in [1.165, 1.54) is 6.07 Å². The Morgan fingerprint density at radius 2 is 1.85 bits per heavy atom. The van der Waals surface area contributed by atoms with Crippen LogP contribution in [0.15, 0.2) is 28.7 Å². The van der Waals surface area contributed by atoms with Gasteiger partial charge in [0, 0.05) is 38.0 Å². The minimum Gasteiger partial charge on any atom is -0.408 e. The van der Waals surface area contributed by atoms with Crippen molar-refractivity contribution in [3.63, 3.8) is 0 Å². The lowest BCUT2D eigenvalue weighted by molar-refractivity contribution is -0.135. The molecule has 6 nitrogen and oxygen atoms in total. The number of halogens is 1. The molecule has 2 heterocycles. The summed E-state index contributed by atoms with van der Waals surface area (Å²) in [4.78, 5) is 16.5. The fourth-order valence-electron chi connectivity index (χ4n) is 3.10. The Kier molecular flexibility index (Phi) is 5.54. The second-order valence-electron chi connectivity index (χ2n) is 7.09. The maximum absolute atomic E-state index is 13.8. The number of hydrogen-bond donors (Lipinski definition) is 0. The zero-order valence-electron chi connectivity index (χ0n) is 15.5. The summed E-state index contributed by atoms with van der Waals surface area (Å²) in [6.45, 7) is 8.36. The highest BCUT2D eigenvalue weighted by atomic mass is 19.1. The average Bonchev–Trinajstić information content (AvgIpc) is 3.13. The van der Waals surface area contributed by atoms with Crippen LogP contribution in [0.5, 0.6) is 0 Å². The number of anilines is 1. The highest BCUT2D eigenvalue weighted by molar-refractivity contribution is 5.79. The first-order valence-corrected chi connectivity index (χ1v) is 9.06. The van der Waals surface area contributed by atoms with Gasteiger partial charge in [0.15, 0.2) is 0 Å². The Morgan fingerprint density at radius 3 is 2.46 bits per heavy atom. The summed E-state index contributed by atoms with van der Waals surface area (Å²) in [6.07, 6.45) is 0.410. The molecule has 1 atom stereocenters. The van der Waals surface area contributed by atoms with Crippen LogP contribution in [0.25, 0.3) is 0 Å². The SMILES string of the molecule is CC(Cc1ccccc1F)C(=O)N1CCN(c2nnc(C(C)C)o2)CC1. The van der Waals surface area contributed by atoms with Gasteiger partial charge in [0.2, 0.25) is 11.8 Å². The van der Waals surface area contributed by atoms with Gasteiger partial charge in [0.05, 0.1) is 0 Å². The normalized spacial score (nSPS) is 16.2. The second kappa shape index (κ2) is 7.85. The molecule has 0 radical (unpaired) electrons. The third-order valence-corrected chi connectivity index (χ3v) is 4.69. The van der Waals surface area contributed by atoms with Crippen molar-refractivity contribution >= 4 is 11.9 Å². The van der Waals surface area contributed by atoms with Gasteiger partial charge >= 0.3 is 6.01 Å². The van der Waals surface area contributed by atoms with Crippen molar-refractivity contribution in [2.75, 3.05) is 31.1 Å². The van der Waals surface area contributed by atoms with E-state index in [-0.39, 0.29) is 23.6 Å². The number of carbonyl (C=O) groups is 1. The van der Waals surface area contributed by atoms with Gasteiger partial charge < -0.3 is 14.2 Å². The molecule has 0 spiro atoms. The van der Waals surface area contributed by atoms with E-state index in [4.69, 9.17) is 4.42 Å². The van der Waals surface area contributed by atoms with Crippen molar-refractivity contribution in [1.29, 1.82) is 0 Å². The van der Waals surface area contributed by atoms with Gasteiger partial charge in [-0.3, -0.25) is 4.79 Å². The number of hydrogen-bond acceptors (Lipinski definition) is 5. The minimum atomic E-state index is -0.255. The summed E-state index contributed by atoms with van der Waals surface area (Å²) in [5.74, 6) is 0.361. The molecule has 0 bridgehead atoms. The molecule has 26 heavy (non-hydrogen) atoms. The standard InChI is InChI=1S/C19H25FN4O2/c1-13(2)17-21-22-19(26-17)24-10-8-23(9-11-24)18(25)14(3)12-15-6-4-5-7-16(15)20/h4-7,13-14H,8-12H2,1-3H3. The smallest absolute Gasteiger partial charge is 0.318 e. The summed E-state index contributed by atoms with van der Waals surface area (Å²) in [5, 5.41) is 8.15. The van der Waals surface area contributed by atoms with Gasteiger partial charge in [-0.25, -0.2) is 4.39 Å². The molecule has 1 fully saturated rings. The molecule has 1 aliphatic heterocycles. The Bertz CT molecular complexity index is 754. The average molecular weight is 360 g/mol. The number of aromatic nitrogens is 2. The first kappa shape index (κ1) is 18.4. The molecule has 3 rings (SSSR count). The quantitative estimate of drug-likeness (QED) is 0.820. The van der Waals surface area contributed by atoms with Crippen LogP contribution in [0.3, 0.4) is 0 Å². The van der Waals surface area contributed by atoms with Crippen LogP contribution in [-0.4, -0.2) is 47.2 Å². The molecule has 1 aromatic heterocycles. The molecule has 140 valence electrons. The van der Waals surface area contributed by atoms with E-state index in [0.717, 1.165) is 0 Å². The van der Waals surface area contributed by atoms with E-state index in [2.05, 4.69) is 10.2 Å². The third-order valence-electron chi connectivity index (χ3n) is 4.69. The first-order chi connectivity index (χ1) is 12.5. The summed E-state index contributed by atoms with van der Waals surface area (Å²) in [5.41, 5.74) is 0.582. The minimum absolute atomic E-state index is 0.0568. The lowest BCUT2D eigenvalue weighted by Gasteiger charge is -2.35. The second-order valence-corrected chi connectivity index (χ2v) is 7.09. The number of benzene rings is 1. The molecule has 1 aliphatic rings. The summed E-state index contributed by atoms with van der Waals surface area (Å²) >= 11 is 0. The Labute approximate surface area is 153 Å². The number of piperazine rings is 1. The van der Waals surface area contributed by atoms with Crippen LogP contribution < -0.4 is 4.90 Å². The van der Waals surface area contributed by atoms with E-state index in [1.54, 1.807) is 18.2 Å². The number of rotatable bonds is 5. The Balaban J connectivity index is 1.55. The van der Waals surface area contributed by atoms with E-state index in [1.807, 2.05) is 30.6 Å². The molecule has 2 aromatic rings. The first-order valence-electron chi connectivity index (χ1n) is 9.06. The van der Waals surface area contributed by atoms with Crippen LogP contribution in [-0.2, 0) is 11.2 Å². The van der Waals surface area contributed by atoms with Crippen molar-refractivity contribution in [2.24, 2.45) is 5.92 Å². The summed E-state index contributed by atoms with van der Waals surface area (Å²) in [6, 6.07) is 7.14. The van der Waals surface area contributed by atoms with Crippen LogP contribution in [0.4, 0.5) is 10.4 Å². The van der Waals surface area contributed by atoms with Crippen molar-refractivity contribution in [3.05, 3.63) is 41.5 Å². The lowest BCUT2D eigenvalue weighted by atomic mass is 9.99. The summed E-state index contributed by atoms with van der Waals surface area (Å²) in [7, 11) is 0. The van der Waals surface area contributed by atoms with Gasteiger partial charge in [0.25, 0.3) is 0 Å². The Morgan fingerprint density at radius 1 is 1.15 bits per heavy atom. The lowest BCUT2D eigenvalue weighted by Crippen LogP contribution is -2.50. The predicted molar refractivity (Wildman–Crippen MR) is 96.4 cm³/mol. The molecule has 7 heteroatoms. The number of nitrogens with zero attached hydrogens (tertiary/aromatic N) is 4. The number of amides is 1. The van der Waals surface area contributed by atoms with Gasteiger partial charge in [-0.05, 0) is 18.1 Å². The number of carbonyl (C=O) groups excluding carboxylic acids is 1. The fraction of sp³-hybridized carbons (Fsp3) is 0.526. The molecule has 1 unspecified atom stereocenters. The van der Waals surface area contributed by atoms with Crippen molar-refractivity contribution in [2.45, 2.75) is 33.1 Å².